The van der Waals surface area contributed by atoms with Gasteiger partial charge in [-0.25, -0.2) is 0 Å². The third-order valence-corrected chi connectivity index (χ3v) is 4.54. The summed E-state index contributed by atoms with van der Waals surface area (Å²) in [5.41, 5.74) is 0. The van der Waals surface area contributed by atoms with Crippen LogP contribution in [-0.4, -0.2) is 86.6 Å². The van der Waals surface area contributed by atoms with Crippen molar-refractivity contribution in [3.63, 3.8) is 0 Å². The van der Waals surface area contributed by atoms with Crippen LogP contribution in [0.3, 0.4) is 0 Å². The molecule has 2 fully saturated rings. The number of β-amino-alcohol motifs (C(OH)–C–C–N with tert-alkyl or cyclic N) is 1. The van der Waals surface area contributed by atoms with E-state index in [2.05, 4.69) is 22.2 Å². The molecule has 1 atom stereocenters. The summed E-state index contributed by atoms with van der Waals surface area (Å²) in [6.07, 6.45) is 5.22. The van der Waals surface area contributed by atoms with Crippen LogP contribution in [-0.2, 0) is 4.74 Å². The van der Waals surface area contributed by atoms with Crippen LogP contribution in [0.5, 0.6) is 0 Å². The Morgan fingerprint density at radius 2 is 2.00 bits per heavy atom. The summed E-state index contributed by atoms with van der Waals surface area (Å²) in [4.78, 5) is 4.74. The standard InChI is InChI=1S/C15H31N3O2/c1-17(14-4-2-3-5-14)7-6-16-12-15(19)13-18-8-10-20-11-9-18/h14-16,19H,2-13H2,1H3. The molecule has 1 saturated heterocycles. The summed E-state index contributed by atoms with van der Waals surface area (Å²) >= 11 is 0. The molecule has 2 aliphatic rings. The molecule has 1 saturated carbocycles. The monoisotopic (exact) mass is 285 g/mol. The molecule has 5 nitrogen and oxygen atoms in total. The van der Waals surface area contributed by atoms with E-state index in [9.17, 15) is 5.11 Å². The van der Waals surface area contributed by atoms with Gasteiger partial charge >= 0.3 is 0 Å². The van der Waals surface area contributed by atoms with Gasteiger partial charge in [-0.15, -0.1) is 0 Å². The van der Waals surface area contributed by atoms with E-state index in [4.69, 9.17) is 4.74 Å². The van der Waals surface area contributed by atoms with Gasteiger partial charge in [-0.3, -0.25) is 4.90 Å². The quantitative estimate of drug-likeness (QED) is 0.622. The Balaban J connectivity index is 1.49. The lowest BCUT2D eigenvalue weighted by Crippen LogP contribution is -2.44. The molecule has 5 heteroatoms. The topological polar surface area (TPSA) is 48.0 Å². The zero-order valence-electron chi connectivity index (χ0n) is 12.9. The first-order chi connectivity index (χ1) is 9.75. The molecule has 0 spiro atoms. The fraction of sp³-hybridized carbons (Fsp3) is 1.00. The number of likely N-dealkylation sites (N-methyl/N-ethyl adjacent to an activating group) is 1. The van der Waals surface area contributed by atoms with Crippen LogP contribution in [0.25, 0.3) is 0 Å². The number of morpholine rings is 1. The van der Waals surface area contributed by atoms with Gasteiger partial charge in [0, 0.05) is 45.3 Å². The molecule has 0 aromatic rings. The maximum atomic E-state index is 10.0. The van der Waals surface area contributed by atoms with Crippen LogP contribution >= 0.6 is 0 Å². The first-order valence-electron chi connectivity index (χ1n) is 8.15. The van der Waals surface area contributed by atoms with E-state index in [0.717, 1.165) is 52.0 Å². The summed E-state index contributed by atoms with van der Waals surface area (Å²) in [5, 5.41) is 13.4. The van der Waals surface area contributed by atoms with Crippen LogP contribution in [0.15, 0.2) is 0 Å². The largest absolute Gasteiger partial charge is 0.390 e. The molecule has 0 aromatic carbocycles. The smallest absolute Gasteiger partial charge is 0.0791 e. The second-order valence-electron chi connectivity index (χ2n) is 6.19. The van der Waals surface area contributed by atoms with E-state index >= 15 is 0 Å². The second kappa shape index (κ2) is 8.95. The predicted molar refractivity (Wildman–Crippen MR) is 81.0 cm³/mol. The zero-order chi connectivity index (χ0) is 14.2. The third kappa shape index (κ3) is 5.66. The number of hydrogen-bond donors (Lipinski definition) is 2. The summed E-state index contributed by atoms with van der Waals surface area (Å²) in [6.45, 7) is 6.98. The highest BCUT2D eigenvalue weighted by Crippen LogP contribution is 2.21. The number of nitrogens with zero attached hydrogens (tertiary/aromatic N) is 2. The van der Waals surface area contributed by atoms with Crippen LogP contribution in [0.1, 0.15) is 25.7 Å². The van der Waals surface area contributed by atoms with Gasteiger partial charge in [0.2, 0.25) is 0 Å². The maximum Gasteiger partial charge on any atom is 0.0791 e. The summed E-state index contributed by atoms with van der Waals surface area (Å²) in [5.74, 6) is 0. The Labute approximate surface area is 123 Å². The number of aliphatic hydroxyl groups is 1. The van der Waals surface area contributed by atoms with Crippen molar-refractivity contribution in [2.75, 3.05) is 59.5 Å². The number of ether oxygens (including phenoxy) is 1. The molecule has 1 unspecified atom stereocenters. The van der Waals surface area contributed by atoms with Crippen LogP contribution in [0.4, 0.5) is 0 Å². The molecule has 0 amide bonds. The van der Waals surface area contributed by atoms with Crippen LogP contribution in [0.2, 0.25) is 0 Å². The van der Waals surface area contributed by atoms with Gasteiger partial charge in [-0.2, -0.15) is 0 Å². The van der Waals surface area contributed by atoms with Crippen molar-refractivity contribution < 1.29 is 9.84 Å². The minimum atomic E-state index is -0.273. The van der Waals surface area contributed by atoms with Gasteiger partial charge in [0.25, 0.3) is 0 Å². The number of nitrogens with one attached hydrogen (secondary N) is 1. The lowest BCUT2D eigenvalue weighted by Gasteiger charge is -2.29. The Kier molecular flexibility index (Phi) is 7.24. The number of rotatable bonds is 8. The third-order valence-electron chi connectivity index (χ3n) is 4.54. The van der Waals surface area contributed by atoms with Crippen molar-refractivity contribution in [1.82, 2.24) is 15.1 Å². The molecule has 1 aliphatic heterocycles. The summed E-state index contributed by atoms with van der Waals surface area (Å²) in [7, 11) is 2.22. The van der Waals surface area contributed by atoms with E-state index in [1.54, 1.807) is 0 Å². The highest BCUT2D eigenvalue weighted by Gasteiger charge is 2.19. The van der Waals surface area contributed by atoms with E-state index in [-0.39, 0.29) is 6.10 Å². The van der Waals surface area contributed by atoms with Crippen molar-refractivity contribution in [2.45, 2.75) is 37.8 Å². The maximum absolute atomic E-state index is 10.0. The second-order valence-corrected chi connectivity index (χ2v) is 6.19. The average Bonchev–Trinajstić information content (AvgIpc) is 2.99. The van der Waals surface area contributed by atoms with Gasteiger partial charge in [0.15, 0.2) is 0 Å². The molecular formula is C15H31N3O2. The molecule has 1 aliphatic carbocycles. The molecule has 0 bridgehead atoms. The van der Waals surface area contributed by atoms with Crippen molar-refractivity contribution in [3.05, 3.63) is 0 Å². The number of aliphatic hydroxyl groups excluding tert-OH is 1. The minimum Gasteiger partial charge on any atom is -0.390 e. The van der Waals surface area contributed by atoms with Gasteiger partial charge in [0.1, 0.15) is 0 Å². The molecule has 1 heterocycles. The highest BCUT2D eigenvalue weighted by molar-refractivity contribution is 4.76. The van der Waals surface area contributed by atoms with Crippen LogP contribution in [0, 0.1) is 0 Å². The lowest BCUT2D eigenvalue weighted by molar-refractivity contribution is 0.0149. The van der Waals surface area contributed by atoms with Gasteiger partial charge in [0.05, 0.1) is 19.3 Å². The normalized spacial score (nSPS) is 23.6. The minimum absolute atomic E-state index is 0.273. The van der Waals surface area contributed by atoms with Crippen LogP contribution < -0.4 is 5.32 Å². The Morgan fingerprint density at radius 3 is 2.70 bits per heavy atom. The molecule has 2 rings (SSSR count). The van der Waals surface area contributed by atoms with E-state index in [0.29, 0.717) is 6.54 Å². The molecule has 20 heavy (non-hydrogen) atoms. The average molecular weight is 285 g/mol. The fourth-order valence-corrected chi connectivity index (χ4v) is 3.20. The van der Waals surface area contributed by atoms with Crippen molar-refractivity contribution in [3.8, 4) is 0 Å². The highest BCUT2D eigenvalue weighted by atomic mass is 16.5. The van der Waals surface area contributed by atoms with E-state index in [1.807, 2.05) is 0 Å². The first-order valence-corrected chi connectivity index (χ1v) is 8.15. The van der Waals surface area contributed by atoms with Gasteiger partial charge < -0.3 is 20.1 Å². The fourth-order valence-electron chi connectivity index (χ4n) is 3.20. The van der Waals surface area contributed by atoms with Gasteiger partial charge in [-0.1, -0.05) is 12.8 Å². The Hall–Kier alpha value is -0.200. The Bertz CT molecular complexity index is 254. The molecule has 0 aromatic heterocycles. The van der Waals surface area contributed by atoms with Crippen molar-refractivity contribution in [1.29, 1.82) is 0 Å². The summed E-state index contributed by atoms with van der Waals surface area (Å²) in [6, 6.07) is 0.787. The predicted octanol–water partition coefficient (Wildman–Crippen LogP) is 0.144. The molecule has 2 N–H and O–H groups in total. The Morgan fingerprint density at radius 1 is 1.30 bits per heavy atom. The SMILES string of the molecule is CN(CCNCC(O)CN1CCOCC1)C1CCCC1. The van der Waals surface area contributed by atoms with E-state index in [1.165, 1.54) is 25.7 Å². The molecular weight excluding hydrogens is 254 g/mol. The molecule has 0 radical (unpaired) electrons. The van der Waals surface area contributed by atoms with Crippen molar-refractivity contribution >= 4 is 0 Å². The van der Waals surface area contributed by atoms with E-state index < -0.39 is 0 Å². The van der Waals surface area contributed by atoms with Crippen molar-refractivity contribution in [2.24, 2.45) is 0 Å². The lowest BCUT2D eigenvalue weighted by atomic mass is 10.2. The first kappa shape index (κ1) is 16.2. The summed E-state index contributed by atoms with van der Waals surface area (Å²) < 4.78 is 5.31. The number of hydrogen-bond acceptors (Lipinski definition) is 5. The zero-order valence-corrected chi connectivity index (χ0v) is 12.9. The molecule has 118 valence electrons. The van der Waals surface area contributed by atoms with Gasteiger partial charge in [-0.05, 0) is 19.9 Å².